The fraction of sp³-hybridized carbons (Fsp3) is 0.143. The summed E-state index contributed by atoms with van der Waals surface area (Å²) in [4.78, 5) is 24.4. The number of para-hydroxylation sites is 2. The van der Waals surface area contributed by atoms with Gasteiger partial charge in [0.15, 0.2) is 6.10 Å². The molecule has 0 saturated heterocycles. The first-order valence-corrected chi connectivity index (χ1v) is 8.93. The van der Waals surface area contributed by atoms with Crippen LogP contribution < -0.4 is 10.1 Å². The highest BCUT2D eigenvalue weighted by Crippen LogP contribution is 2.21. The van der Waals surface area contributed by atoms with Crippen LogP contribution in [0.1, 0.15) is 23.2 Å². The van der Waals surface area contributed by atoms with E-state index in [1.165, 1.54) is 13.0 Å². The summed E-state index contributed by atoms with van der Waals surface area (Å²) in [5.74, 6) is -0.102. The summed E-state index contributed by atoms with van der Waals surface area (Å²) in [6.07, 6.45) is -1.03. The molecule has 0 aliphatic carbocycles. The minimum absolute atomic E-state index is 0.0101. The highest BCUT2D eigenvalue weighted by molar-refractivity contribution is 6.33. The van der Waals surface area contributed by atoms with Crippen LogP contribution in [0.15, 0.2) is 71.1 Å². The normalized spacial score (nSPS) is 11.5. The van der Waals surface area contributed by atoms with Crippen LogP contribution in [0.5, 0.6) is 5.75 Å². The van der Waals surface area contributed by atoms with Gasteiger partial charge in [-0.15, -0.1) is 0 Å². The number of esters is 1. The molecule has 0 saturated carbocycles. The summed E-state index contributed by atoms with van der Waals surface area (Å²) >= 11 is 6.00. The quantitative estimate of drug-likeness (QED) is 0.583. The Bertz CT molecular complexity index is 954. The van der Waals surface area contributed by atoms with E-state index in [1.807, 2.05) is 30.3 Å². The molecule has 0 aliphatic rings. The van der Waals surface area contributed by atoms with Gasteiger partial charge in [0.25, 0.3) is 5.91 Å². The molecule has 1 aromatic heterocycles. The highest BCUT2D eigenvalue weighted by atomic mass is 35.5. The van der Waals surface area contributed by atoms with Gasteiger partial charge in [0.05, 0.1) is 10.7 Å². The lowest BCUT2D eigenvalue weighted by Gasteiger charge is -2.13. The summed E-state index contributed by atoms with van der Waals surface area (Å²) in [6, 6.07) is 19.1. The van der Waals surface area contributed by atoms with Crippen LogP contribution in [0.4, 0.5) is 5.69 Å². The summed E-state index contributed by atoms with van der Waals surface area (Å²) < 4.78 is 16.2. The third-order valence-corrected chi connectivity index (χ3v) is 4.10. The largest absolute Gasteiger partial charge is 0.486 e. The average Bonchev–Trinajstić information content (AvgIpc) is 3.18. The van der Waals surface area contributed by atoms with E-state index in [4.69, 9.17) is 25.5 Å². The first-order chi connectivity index (χ1) is 13.5. The Hall–Kier alpha value is -3.25. The first kappa shape index (κ1) is 19.5. The second-order valence-electron chi connectivity index (χ2n) is 5.88. The number of rotatable bonds is 7. The lowest BCUT2D eigenvalue weighted by atomic mass is 10.3. The molecular weight excluding hydrogens is 382 g/mol. The predicted octanol–water partition coefficient (Wildman–Crippen LogP) is 4.70. The Balaban J connectivity index is 1.53. The van der Waals surface area contributed by atoms with Crippen LogP contribution in [-0.2, 0) is 16.1 Å². The molecule has 2 aromatic carbocycles. The molecule has 1 amide bonds. The van der Waals surface area contributed by atoms with Crippen LogP contribution in [0.25, 0.3) is 0 Å². The Kier molecular flexibility index (Phi) is 6.34. The lowest BCUT2D eigenvalue weighted by molar-refractivity contribution is -0.123. The molecule has 0 bridgehead atoms. The molecule has 1 atom stereocenters. The number of benzene rings is 2. The SMILES string of the molecule is C[C@H](OC(=O)c1ccc(COc2ccccc2)o1)C(=O)Nc1ccccc1Cl. The molecule has 0 unspecified atom stereocenters. The molecule has 3 rings (SSSR count). The smallest absolute Gasteiger partial charge is 0.375 e. The maximum atomic E-state index is 12.2. The van der Waals surface area contributed by atoms with Crippen LogP contribution >= 0.6 is 11.6 Å². The van der Waals surface area contributed by atoms with E-state index < -0.39 is 18.0 Å². The molecule has 3 aromatic rings. The number of hydrogen-bond donors (Lipinski definition) is 1. The van der Waals surface area contributed by atoms with Crippen molar-refractivity contribution in [3.05, 3.63) is 83.3 Å². The fourth-order valence-electron chi connectivity index (χ4n) is 2.31. The molecule has 1 N–H and O–H groups in total. The van der Waals surface area contributed by atoms with Gasteiger partial charge in [-0.05, 0) is 43.3 Å². The van der Waals surface area contributed by atoms with Crippen molar-refractivity contribution in [2.75, 3.05) is 5.32 Å². The number of nitrogens with one attached hydrogen (secondary N) is 1. The Morgan fingerprint density at radius 3 is 2.50 bits per heavy atom. The summed E-state index contributed by atoms with van der Waals surface area (Å²) in [7, 11) is 0. The minimum atomic E-state index is -1.03. The Morgan fingerprint density at radius 1 is 1.04 bits per heavy atom. The highest BCUT2D eigenvalue weighted by Gasteiger charge is 2.22. The predicted molar refractivity (Wildman–Crippen MR) is 104 cm³/mol. The molecule has 7 heteroatoms. The molecule has 0 spiro atoms. The molecule has 1 heterocycles. The molecule has 0 fully saturated rings. The number of halogens is 1. The van der Waals surface area contributed by atoms with Crippen LogP contribution in [0.2, 0.25) is 5.02 Å². The summed E-state index contributed by atoms with van der Waals surface area (Å²) in [5, 5.41) is 3.00. The zero-order chi connectivity index (χ0) is 19.9. The molecule has 6 nitrogen and oxygen atoms in total. The van der Waals surface area contributed by atoms with Crippen LogP contribution in [-0.4, -0.2) is 18.0 Å². The summed E-state index contributed by atoms with van der Waals surface area (Å²) in [5.41, 5.74) is 0.440. The van der Waals surface area contributed by atoms with E-state index in [0.717, 1.165) is 0 Å². The summed E-state index contributed by atoms with van der Waals surface area (Å²) in [6.45, 7) is 1.63. The number of hydrogen-bond acceptors (Lipinski definition) is 5. The van der Waals surface area contributed by atoms with Gasteiger partial charge >= 0.3 is 5.97 Å². The number of carbonyl (C=O) groups excluding carboxylic acids is 2. The van der Waals surface area contributed by atoms with Crippen molar-refractivity contribution >= 4 is 29.2 Å². The fourth-order valence-corrected chi connectivity index (χ4v) is 2.49. The zero-order valence-electron chi connectivity index (χ0n) is 15.1. The van der Waals surface area contributed by atoms with Crippen molar-refractivity contribution in [2.24, 2.45) is 0 Å². The Labute approximate surface area is 167 Å². The Morgan fingerprint density at radius 2 is 1.75 bits per heavy atom. The molecular formula is C21H18ClNO5. The molecule has 144 valence electrons. The number of amides is 1. The van der Waals surface area contributed by atoms with Crippen molar-refractivity contribution in [1.29, 1.82) is 0 Å². The van der Waals surface area contributed by atoms with Gasteiger partial charge in [-0.25, -0.2) is 4.79 Å². The maximum Gasteiger partial charge on any atom is 0.375 e. The second kappa shape index (κ2) is 9.10. The van der Waals surface area contributed by atoms with Gasteiger partial charge in [0, 0.05) is 0 Å². The number of furan rings is 1. The van der Waals surface area contributed by atoms with Crippen LogP contribution in [0, 0.1) is 0 Å². The van der Waals surface area contributed by atoms with Crippen molar-refractivity contribution in [3.8, 4) is 5.75 Å². The van der Waals surface area contributed by atoms with Gasteiger partial charge in [-0.3, -0.25) is 4.79 Å². The second-order valence-corrected chi connectivity index (χ2v) is 6.29. The molecule has 0 aliphatic heterocycles. The van der Waals surface area contributed by atoms with Gasteiger partial charge < -0.3 is 19.2 Å². The molecule has 28 heavy (non-hydrogen) atoms. The van der Waals surface area contributed by atoms with Crippen molar-refractivity contribution < 1.29 is 23.5 Å². The topological polar surface area (TPSA) is 77.8 Å². The average molecular weight is 400 g/mol. The van der Waals surface area contributed by atoms with Crippen molar-refractivity contribution in [1.82, 2.24) is 0 Å². The van der Waals surface area contributed by atoms with E-state index in [9.17, 15) is 9.59 Å². The van der Waals surface area contributed by atoms with Crippen molar-refractivity contribution in [2.45, 2.75) is 19.6 Å². The standard InChI is InChI=1S/C21H18ClNO5/c1-14(20(24)23-18-10-6-5-9-17(18)22)27-21(25)19-12-11-16(28-19)13-26-15-7-3-2-4-8-15/h2-12,14H,13H2,1H3,(H,23,24)/t14-/m0/s1. The minimum Gasteiger partial charge on any atom is -0.486 e. The third kappa shape index (κ3) is 5.14. The maximum absolute atomic E-state index is 12.2. The van der Waals surface area contributed by atoms with E-state index in [1.54, 1.807) is 30.3 Å². The van der Waals surface area contributed by atoms with Gasteiger partial charge in [-0.1, -0.05) is 41.9 Å². The lowest BCUT2D eigenvalue weighted by Crippen LogP contribution is -2.30. The number of ether oxygens (including phenoxy) is 2. The van der Waals surface area contributed by atoms with E-state index in [2.05, 4.69) is 5.32 Å². The number of anilines is 1. The third-order valence-electron chi connectivity index (χ3n) is 3.77. The van der Waals surface area contributed by atoms with E-state index in [-0.39, 0.29) is 12.4 Å². The van der Waals surface area contributed by atoms with Crippen molar-refractivity contribution in [3.63, 3.8) is 0 Å². The van der Waals surface area contributed by atoms with E-state index >= 15 is 0 Å². The molecule has 0 radical (unpaired) electrons. The monoisotopic (exact) mass is 399 g/mol. The zero-order valence-corrected chi connectivity index (χ0v) is 15.8. The van der Waals surface area contributed by atoms with Crippen LogP contribution in [0.3, 0.4) is 0 Å². The van der Waals surface area contributed by atoms with Gasteiger partial charge in [-0.2, -0.15) is 0 Å². The van der Waals surface area contributed by atoms with E-state index in [0.29, 0.717) is 22.2 Å². The first-order valence-electron chi connectivity index (χ1n) is 8.56. The van der Waals surface area contributed by atoms with Gasteiger partial charge in [0.1, 0.15) is 18.1 Å². The number of carbonyl (C=O) groups is 2. The van der Waals surface area contributed by atoms with Gasteiger partial charge in [0.2, 0.25) is 5.76 Å².